The molecule has 1 heterocycles. The average molecular weight is 434 g/mol. The van der Waals surface area contributed by atoms with Gasteiger partial charge in [0.2, 0.25) is 0 Å². The zero-order valence-electron chi connectivity index (χ0n) is 14.9. The molecule has 136 valence electrons. The highest BCUT2D eigenvalue weighted by atomic mass is 79.9. The van der Waals surface area contributed by atoms with Crippen molar-refractivity contribution in [3.8, 4) is 5.75 Å². The van der Waals surface area contributed by atoms with Gasteiger partial charge in [-0.2, -0.15) is 0 Å². The van der Waals surface area contributed by atoms with E-state index in [1.165, 1.54) is 11.3 Å². The van der Waals surface area contributed by atoms with Gasteiger partial charge in [0.05, 0.1) is 17.3 Å². The normalized spacial score (nSPS) is 11.1. The van der Waals surface area contributed by atoms with Gasteiger partial charge in [-0.1, -0.05) is 27.3 Å². The van der Waals surface area contributed by atoms with Crippen LogP contribution in [0.25, 0.3) is 10.2 Å². The molecule has 0 spiro atoms. The number of amides is 1. The third-order valence-electron chi connectivity index (χ3n) is 3.92. The molecular weight excluding hydrogens is 414 g/mol. The third-order valence-corrected chi connectivity index (χ3v) is 5.46. The van der Waals surface area contributed by atoms with Crippen molar-refractivity contribution in [1.82, 2.24) is 9.88 Å². The van der Waals surface area contributed by atoms with Crippen LogP contribution in [0, 0.1) is 0 Å². The maximum absolute atomic E-state index is 13.1. The Balaban J connectivity index is 1.95. The van der Waals surface area contributed by atoms with E-state index in [-0.39, 0.29) is 5.91 Å². The molecule has 0 radical (unpaired) electrons. The number of carbonyl (C=O) groups is 1. The van der Waals surface area contributed by atoms with E-state index < -0.39 is 0 Å². The van der Waals surface area contributed by atoms with Crippen molar-refractivity contribution in [2.75, 3.05) is 39.2 Å². The van der Waals surface area contributed by atoms with Crippen LogP contribution in [0.2, 0.25) is 0 Å². The quantitative estimate of drug-likeness (QED) is 0.581. The number of anilines is 1. The molecule has 0 fully saturated rings. The lowest BCUT2D eigenvalue weighted by Crippen LogP contribution is -2.36. The number of rotatable bonds is 6. The van der Waals surface area contributed by atoms with Crippen LogP contribution in [0.4, 0.5) is 5.13 Å². The second-order valence-electron chi connectivity index (χ2n) is 6.10. The van der Waals surface area contributed by atoms with Gasteiger partial charge >= 0.3 is 0 Å². The summed E-state index contributed by atoms with van der Waals surface area (Å²) in [6.45, 7) is 1.32. The number of methoxy groups -OCH3 is 1. The number of hydrogen-bond acceptors (Lipinski definition) is 5. The van der Waals surface area contributed by atoms with Gasteiger partial charge in [-0.05, 0) is 56.6 Å². The lowest BCUT2D eigenvalue weighted by molar-refractivity contribution is 0.0985. The number of hydrogen-bond donors (Lipinski definition) is 0. The maximum Gasteiger partial charge on any atom is 0.260 e. The number of carbonyl (C=O) groups excluding carboxylic acids is 1. The highest BCUT2D eigenvalue weighted by Crippen LogP contribution is 2.31. The van der Waals surface area contributed by atoms with Crippen molar-refractivity contribution in [1.29, 1.82) is 0 Å². The van der Waals surface area contributed by atoms with E-state index in [0.29, 0.717) is 17.2 Å². The molecule has 1 amide bonds. The third kappa shape index (κ3) is 4.23. The van der Waals surface area contributed by atoms with Gasteiger partial charge in [-0.3, -0.25) is 9.69 Å². The topological polar surface area (TPSA) is 45.7 Å². The standard InChI is InChI=1S/C19H20BrN3O2S/c1-22(2)10-11-23(18(24)13-4-7-15(25-3)8-5-13)19-21-16-9-6-14(20)12-17(16)26-19/h4-9,12H,10-11H2,1-3H3. The first-order valence-electron chi connectivity index (χ1n) is 8.14. The molecule has 0 aliphatic rings. The second kappa shape index (κ2) is 8.16. The molecule has 3 rings (SSSR count). The van der Waals surface area contributed by atoms with Gasteiger partial charge in [-0.15, -0.1) is 0 Å². The van der Waals surface area contributed by atoms with Crippen LogP contribution in [-0.4, -0.2) is 50.1 Å². The minimum Gasteiger partial charge on any atom is -0.497 e. The van der Waals surface area contributed by atoms with Crippen LogP contribution >= 0.6 is 27.3 Å². The molecule has 1 aromatic heterocycles. The van der Waals surface area contributed by atoms with Gasteiger partial charge < -0.3 is 9.64 Å². The fourth-order valence-electron chi connectivity index (χ4n) is 2.48. The van der Waals surface area contributed by atoms with E-state index in [9.17, 15) is 4.79 Å². The van der Waals surface area contributed by atoms with E-state index in [1.807, 2.05) is 32.3 Å². The fraction of sp³-hybridized carbons (Fsp3) is 0.263. The summed E-state index contributed by atoms with van der Waals surface area (Å²) in [5.41, 5.74) is 1.51. The summed E-state index contributed by atoms with van der Waals surface area (Å²) in [6, 6.07) is 13.1. The van der Waals surface area contributed by atoms with Gasteiger partial charge in [0.1, 0.15) is 5.75 Å². The maximum atomic E-state index is 13.1. The SMILES string of the molecule is COc1ccc(C(=O)N(CCN(C)C)c2nc3ccc(Br)cc3s2)cc1. The van der Waals surface area contributed by atoms with Gasteiger partial charge in [0, 0.05) is 23.1 Å². The number of thiazole rings is 1. The molecule has 5 nitrogen and oxygen atoms in total. The molecule has 0 aliphatic carbocycles. The van der Waals surface area contributed by atoms with Crippen molar-refractivity contribution < 1.29 is 9.53 Å². The minimum atomic E-state index is -0.0624. The van der Waals surface area contributed by atoms with Gasteiger partial charge in [-0.25, -0.2) is 4.98 Å². The van der Waals surface area contributed by atoms with Crippen LogP contribution in [0.5, 0.6) is 5.75 Å². The van der Waals surface area contributed by atoms with Crippen LogP contribution in [0.15, 0.2) is 46.9 Å². The minimum absolute atomic E-state index is 0.0624. The summed E-state index contributed by atoms with van der Waals surface area (Å²) in [5, 5.41) is 0.709. The van der Waals surface area contributed by atoms with Crippen LogP contribution in [0.3, 0.4) is 0 Å². The van der Waals surface area contributed by atoms with E-state index in [2.05, 4.69) is 25.8 Å². The van der Waals surface area contributed by atoms with E-state index in [0.717, 1.165) is 27.0 Å². The highest BCUT2D eigenvalue weighted by Gasteiger charge is 2.21. The molecule has 0 saturated carbocycles. The number of halogens is 1. The molecular formula is C19H20BrN3O2S. The van der Waals surface area contributed by atoms with Crippen molar-refractivity contribution in [2.24, 2.45) is 0 Å². The molecule has 2 aromatic carbocycles. The Morgan fingerprint density at radius 2 is 1.88 bits per heavy atom. The highest BCUT2D eigenvalue weighted by molar-refractivity contribution is 9.10. The fourth-order valence-corrected chi connectivity index (χ4v) is 4.02. The molecule has 0 bridgehead atoms. The number of fused-ring (bicyclic) bond motifs is 1. The first-order chi connectivity index (χ1) is 12.5. The number of benzene rings is 2. The van der Waals surface area contributed by atoms with E-state index in [4.69, 9.17) is 4.74 Å². The van der Waals surface area contributed by atoms with E-state index in [1.54, 1.807) is 36.3 Å². The lowest BCUT2D eigenvalue weighted by Gasteiger charge is -2.22. The first kappa shape index (κ1) is 18.8. The predicted octanol–water partition coefficient (Wildman–Crippen LogP) is 4.28. The van der Waals surface area contributed by atoms with Crippen molar-refractivity contribution >= 4 is 48.5 Å². The molecule has 0 aliphatic heterocycles. The number of aromatic nitrogens is 1. The molecule has 0 N–H and O–H groups in total. The smallest absolute Gasteiger partial charge is 0.260 e. The Hall–Kier alpha value is -1.96. The summed E-state index contributed by atoms with van der Waals surface area (Å²) < 4.78 is 7.23. The zero-order chi connectivity index (χ0) is 18.7. The van der Waals surface area contributed by atoms with E-state index >= 15 is 0 Å². The van der Waals surface area contributed by atoms with Gasteiger partial charge in [0.25, 0.3) is 5.91 Å². The Morgan fingerprint density at radius 1 is 1.15 bits per heavy atom. The first-order valence-corrected chi connectivity index (χ1v) is 9.75. The van der Waals surface area contributed by atoms with Crippen LogP contribution in [-0.2, 0) is 0 Å². The summed E-state index contributed by atoms with van der Waals surface area (Å²) in [5.74, 6) is 0.666. The zero-order valence-corrected chi connectivity index (χ0v) is 17.3. The molecule has 0 saturated heterocycles. The Morgan fingerprint density at radius 3 is 2.54 bits per heavy atom. The average Bonchev–Trinajstić information content (AvgIpc) is 3.04. The Bertz CT molecular complexity index is 909. The van der Waals surface area contributed by atoms with Gasteiger partial charge in [0.15, 0.2) is 5.13 Å². The molecule has 0 atom stereocenters. The molecule has 26 heavy (non-hydrogen) atoms. The summed E-state index contributed by atoms with van der Waals surface area (Å²) >= 11 is 5.01. The monoisotopic (exact) mass is 433 g/mol. The van der Waals surface area contributed by atoms with Crippen LogP contribution < -0.4 is 9.64 Å². The molecule has 0 unspecified atom stereocenters. The van der Waals surface area contributed by atoms with Crippen LogP contribution in [0.1, 0.15) is 10.4 Å². The predicted molar refractivity (Wildman–Crippen MR) is 111 cm³/mol. The Labute approximate surface area is 165 Å². The summed E-state index contributed by atoms with van der Waals surface area (Å²) in [6.07, 6.45) is 0. The summed E-state index contributed by atoms with van der Waals surface area (Å²) in [7, 11) is 5.59. The number of ether oxygens (including phenoxy) is 1. The van der Waals surface area contributed by atoms with Crippen molar-refractivity contribution in [2.45, 2.75) is 0 Å². The second-order valence-corrected chi connectivity index (χ2v) is 8.02. The summed E-state index contributed by atoms with van der Waals surface area (Å²) in [4.78, 5) is 21.6. The van der Waals surface area contributed by atoms with Crippen molar-refractivity contribution in [3.63, 3.8) is 0 Å². The van der Waals surface area contributed by atoms with Crippen molar-refractivity contribution in [3.05, 3.63) is 52.5 Å². The lowest BCUT2D eigenvalue weighted by atomic mass is 10.2. The Kier molecular flexibility index (Phi) is 5.90. The molecule has 3 aromatic rings. The molecule has 7 heteroatoms. The number of likely N-dealkylation sites (N-methyl/N-ethyl adjacent to an activating group) is 1. The largest absolute Gasteiger partial charge is 0.497 e. The number of nitrogens with zero attached hydrogens (tertiary/aromatic N) is 3.